The number of ether oxygens (including phenoxy) is 1. The Morgan fingerprint density at radius 3 is 2.44 bits per heavy atom. The van der Waals surface area contributed by atoms with Crippen molar-refractivity contribution in [2.24, 2.45) is 0 Å². The van der Waals surface area contributed by atoms with Gasteiger partial charge in [-0.3, -0.25) is 4.79 Å². The standard InChI is InChI=1S/C30H32N2O2S2/c1-4-34-27-15-18-35-28(27)30(33)32-16-13-23(14-17-32)29-31-26(19-36-29)25-8-6-5-7-24(25)22-11-9-21(10-12-22)20(2)3/h5-12,15,18-20,23H,4,13-14,16-17H2,1-3H3. The minimum absolute atomic E-state index is 0.0872. The van der Waals surface area contributed by atoms with E-state index in [-0.39, 0.29) is 5.91 Å². The zero-order valence-electron chi connectivity index (χ0n) is 21.1. The Balaban J connectivity index is 1.29. The lowest BCUT2D eigenvalue weighted by Gasteiger charge is -2.31. The minimum Gasteiger partial charge on any atom is -0.492 e. The Kier molecular flexibility index (Phi) is 7.54. The van der Waals surface area contributed by atoms with Gasteiger partial charge in [-0.2, -0.15) is 0 Å². The summed E-state index contributed by atoms with van der Waals surface area (Å²) < 4.78 is 5.64. The molecule has 1 aliphatic rings. The van der Waals surface area contributed by atoms with E-state index in [1.54, 1.807) is 11.3 Å². The average molecular weight is 517 g/mol. The number of benzene rings is 2. The summed E-state index contributed by atoms with van der Waals surface area (Å²) in [6.45, 7) is 8.46. The van der Waals surface area contributed by atoms with Crippen molar-refractivity contribution >= 4 is 28.6 Å². The molecule has 4 nitrogen and oxygen atoms in total. The first-order valence-corrected chi connectivity index (χ1v) is 14.5. The molecular weight excluding hydrogens is 484 g/mol. The number of hydrogen-bond acceptors (Lipinski definition) is 5. The van der Waals surface area contributed by atoms with Crippen LogP contribution in [0.5, 0.6) is 5.75 Å². The van der Waals surface area contributed by atoms with Gasteiger partial charge >= 0.3 is 0 Å². The molecule has 2 aromatic carbocycles. The molecule has 0 N–H and O–H groups in total. The molecule has 0 atom stereocenters. The first-order chi connectivity index (χ1) is 17.5. The van der Waals surface area contributed by atoms with E-state index in [4.69, 9.17) is 9.72 Å². The van der Waals surface area contributed by atoms with Gasteiger partial charge < -0.3 is 9.64 Å². The number of thiazole rings is 1. The Hall–Kier alpha value is -2.96. The third-order valence-electron chi connectivity index (χ3n) is 6.87. The highest BCUT2D eigenvalue weighted by Gasteiger charge is 2.28. The number of nitrogens with zero attached hydrogens (tertiary/aromatic N) is 2. The van der Waals surface area contributed by atoms with Gasteiger partial charge in [0.1, 0.15) is 10.6 Å². The number of carbonyl (C=O) groups is 1. The summed E-state index contributed by atoms with van der Waals surface area (Å²) in [5, 5.41) is 5.29. The van der Waals surface area contributed by atoms with Gasteiger partial charge in [-0.25, -0.2) is 4.98 Å². The first kappa shape index (κ1) is 24.7. The number of thiophene rings is 1. The smallest absolute Gasteiger partial charge is 0.267 e. The molecule has 0 aliphatic carbocycles. The monoisotopic (exact) mass is 516 g/mol. The lowest BCUT2D eigenvalue weighted by molar-refractivity contribution is 0.0714. The lowest BCUT2D eigenvalue weighted by atomic mass is 9.95. The fraction of sp³-hybridized carbons (Fsp3) is 0.333. The van der Waals surface area contributed by atoms with E-state index in [2.05, 4.69) is 67.8 Å². The Labute approximate surface area is 221 Å². The molecule has 1 saturated heterocycles. The van der Waals surface area contributed by atoms with Crippen LogP contribution < -0.4 is 4.74 Å². The number of rotatable bonds is 7. The number of hydrogen-bond donors (Lipinski definition) is 0. The number of likely N-dealkylation sites (tertiary alicyclic amines) is 1. The molecule has 1 fully saturated rings. The number of aromatic nitrogens is 1. The Bertz CT molecular complexity index is 1310. The van der Waals surface area contributed by atoms with E-state index in [0.29, 0.717) is 29.1 Å². The topological polar surface area (TPSA) is 42.4 Å². The summed E-state index contributed by atoms with van der Waals surface area (Å²) in [5.74, 6) is 1.70. The summed E-state index contributed by atoms with van der Waals surface area (Å²) in [5.41, 5.74) is 6.00. The van der Waals surface area contributed by atoms with Gasteiger partial charge in [0.05, 0.1) is 17.3 Å². The van der Waals surface area contributed by atoms with Crippen molar-refractivity contribution in [3.05, 3.63) is 80.8 Å². The van der Waals surface area contributed by atoms with Crippen molar-refractivity contribution in [2.75, 3.05) is 19.7 Å². The van der Waals surface area contributed by atoms with Gasteiger partial charge in [-0.05, 0) is 53.8 Å². The van der Waals surface area contributed by atoms with Gasteiger partial charge in [-0.1, -0.05) is 62.4 Å². The number of amides is 1. The number of piperidine rings is 1. The van der Waals surface area contributed by atoms with Gasteiger partial charge in [0, 0.05) is 30.0 Å². The summed E-state index contributed by atoms with van der Waals surface area (Å²) in [6.07, 6.45) is 1.87. The largest absolute Gasteiger partial charge is 0.492 e. The van der Waals surface area contributed by atoms with Crippen LogP contribution >= 0.6 is 22.7 Å². The van der Waals surface area contributed by atoms with Crippen molar-refractivity contribution in [1.82, 2.24) is 9.88 Å². The molecule has 2 aromatic heterocycles. The molecule has 186 valence electrons. The molecule has 1 amide bonds. The quantitative estimate of drug-likeness (QED) is 0.249. The van der Waals surface area contributed by atoms with Gasteiger partial charge in [0.2, 0.25) is 0 Å². The second-order valence-corrected chi connectivity index (χ2v) is 11.3. The normalized spacial score (nSPS) is 14.4. The predicted molar refractivity (Wildman–Crippen MR) is 150 cm³/mol. The maximum absolute atomic E-state index is 13.1. The predicted octanol–water partition coefficient (Wildman–Crippen LogP) is 8.08. The van der Waals surface area contributed by atoms with E-state index in [1.165, 1.54) is 38.6 Å². The summed E-state index contributed by atoms with van der Waals surface area (Å²) >= 11 is 3.21. The van der Waals surface area contributed by atoms with Crippen LogP contribution in [0.2, 0.25) is 0 Å². The van der Waals surface area contributed by atoms with Gasteiger partial charge in [0.15, 0.2) is 0 Å². The zero-order chi connectivity index (χ0) is 25.1. The first-order valence-electron chi connectivity index (χ1n) is 12.7. The molecule has 0 unspecified atom stereocenters. The summed E-state index contributed by atoms with van der Waals surface area (Å²) in [4.78, 5) is 20.8. The highest BCUT2D eigenvalue weighted by atomic mass is 32.1. The van der Waals surface area contributed by atoms with Crippen LogP contribution in [-0.4, -0.2) is 35.5 Å². The molecule has 0 radical (unpaired) electrons. The molecule has 0 spiro atoms. The van der Waals surface area contributed by atoms with E-state index in [9.17, 15) is 4.79 Å². The fourth-order valence-corrected chi connectivity index (χ4v) is 6.59. The Morgan fingerprint density at radius 2 is 1.75 bits per heavy atom. The fourth-order valence-electron chi connectivity index (χ4n) is 4.80. The summed E-state index contributed by atoms with van der Waals surface area (Å²) in [6, 6.07) is 19.3. The lowest BCUT2D eigenvalue weighted by Crippen LogP contribution is -2.37. The van der Waals surface area contributed by atoms with Crippen LogP contribution in [0.25, 0.3) is 22.4 Å². The van der Waals surface area contributed by atoms with Crippen LogP contribution in [-0.2, 0) is 0 Å². The highest BCUT2D eigenvalue weighted by Crippen LogP contribution is 2.37. The second-order valence-electron chi connectivity index (χ2n) is 9.51. The van der Waals surface area contributed by atoms with E-state index in [1.807, 2.05) is 23.3 Å². The van der Waals surface area contributed by atoms with Gasteiger partial charge in [0.25, 0.3) is 5.91 Å². The summed E-state index contributed by atoms with van der Waals surface area (Å²) in [7, 11) is 0. The number of carbonyl (C=O) groups excluding carboxylic acids is 1. The molecule has 0 bridgehead atoms. The average Bonchev–Trinajstić information content (AvgIpc) is 3.59. The van der Waals surface area contributed by atoms with Crippen LogP contribution in [0.1, 0.15) is 65.7 Å². The maximum Gasteiger partial charge on any atom is 0.267 e. The zero-order valence-corrected chi connectivity index (χ0v) is 22.7. The van der Waals surface area contributed by atoms with E-state index >= 15 is 0 Å². The molecule has 4 aromatic rings. The van der Waals surface area contributed by atoms with Crippen LogP contribution in [0.3, 0.4) is 0 Å². The molecule has 1 aliphatic heterocycles. The molecule has 5 rings (SSSR count). The minimum atomic E-state index is 0.0872. The molecule has 6 heteroatoms. The van der Waals surface area contributed by atoms with E-state index < -0.39 is 0 Å². The van der Waals surface area contributed by atoms with Crippen LogP contribution in [0, 0.1) is 0 Å². The van der Waals surface area contributed by atoms with Crippen molar-refractivity contribution in [3.8, 4) is 28.1 Å². The molecule has 3 heterocycles. The van der Waals surface area contributed by atoms with Crippen LogP contribution in [0.4, 0.5) is 0 Å². The highest BCUT2D eigenvalue weighted by molar-refractivity contribution is 7.12. The third-order valence-corrected chi connectivity index (χ3v) is 8.76. The van der Waals surface area contributed by atoms with Gasteiger partial charge in [-0.15, -0.1) is 22.7 Å². The maximum atomic E-state index is 13.1. The van der Waals surface area contributed by atoms with Crippen LogP contribution in [0.15, 0.2) is 65.4 Å². The van der Waals surface area contributed by atoms with Crippen molar-refractivity contribution < 1.29 is 9.53 Å². The molecule has 36 heavy (non-hydrogen) atoms. The molecular formula is C30H32N2O2S2. The SMILES string of the molecule is CCOc1ccsc1C(=O)N1CCC(c2nc(-c3ccccc3-c3ccc(C(C)C)cc3)cs2)CC1. The second kappa shape index (κ2) is 11.0. The molecule has 0 saturated carbocycles. The van der Waals surface area contributed by atoms with E-state index in [0.717, 1.165) is 31.6 Å². The Morgan fingerprint density at radius 1 is 1.03 bits per heavy atom. The third kappa shape index (κ3) is 5.11. The van der Waals surface area contributed by atoms with Crippen molar-refractivity contribution in [2.45, 2.75) is 45.4 Å². The van der Waals surface area contributed by atoms with Crippen molar-refractivity contribution in [1.29, 1.82) is 0 Å². The van der Waals surface area contributed by atoms with Crippen molar-refractivity contribution in [3.63, 3.8) is 0 Å².